The maximum Gasteiger partial charge on any atom is 0.264 e. The van der Waals surface area contributed by atoms with Gasteiger partial charge in [0.1, 0.15) is 11.6 Å². The van der Waals surface area contributed by atoms with Crippen LogP contribution < -0.4 is 4.74 Å². The molecule has 0 radical (unpaired) electrons. The number of ether oxygens (including phenoxy) is 1. The number of rotatable bonds is 5. The largest absolute Gasteiger partial charge is 0.482 e. The predicted octanol–water partition coefficient (Wildman–Crippen LogP) is 3.64. The molecule has 0 atom stereocenters. The Hall–Kier alpha value is -1.62. The summed E-state index contributed by atoms with van der Waals surface area (Å²) in [6.45, 7) is 4.26. The van der Waals surface area contributed by atoms with Crippen molar-refractivity contribution < 1.29 is 13.7 Å². The van der Waals surface area contributed by atoms with Crippen LogP contribution >= 0.6 is 11.6 Å². The fraction of sp³-hybridized carbons (Fsp3) is 0.385. The average Bonchev–Trinajstić information content (AvgIpc) is 2.74. The van der Waals surface area contributed by atoms with Crippen LogP contribution in [0.25, 0.3) is 0 Å². The molecule has 4 nitrogen and oxygen atoms in total. The van der Waals surface area contributed by atoms with Crippen molar-refractivity contribution in [2.75, 3.05) is 0 Å². The van der Waals surface area contributed by atoms with Crippen molar-refractivity contribution in [3.63, 3.8) is 0 Å². The van der Waals surface area contributed by atoms with Crippen molar-refractivity contribution in [3.8, 4) is 5.75 Å². The molecule has 2 rings (SSSR count). The Kier molecular flexibility index (Phi) is 4.37. The lowest BCUT2D eigenvalue weighted by atomic mass is 10.1. The molecule has 102 valence electrons. The summed E-state index contributed by atoms with van der Waals surface area (Å²) in [6.07, 6.45) is 0.751. The van der Waals surface area contributed by atoms with Crippen LogP contribution in [0.15, 0.2) is 22.7 Å². The summed E-state index contributed by atoms with van der Waals surface area (Å²) in [4.78, 5) is 4.19. The third kappa shape index (κ3) is 3.92. The van der Waals surface area contributed by atoms with E-state index in [9.17, 15) is 4.39 Å². The zero-order chi connectivity index (χ0) is 13.8. The van der Waals surface area contributed by atoms with E-state index in [0.717, 1.165) is 6.42 Å². The first-order chi connectivity index (χ1) is 9.04. The van der Waals surface area contributed by atoms with E-state index < -0.39 is 5.82 Å². The van der Waals surface area contributed by atoms with Gasteiger partial charge in [0.05, 0.1) is 5.02 Å². The molecular formula is C13H14ClFN2O2. The maximum atomic E-state index is 12.9. The van der Waals surface area contributed by atoms with Crippen molar-refractivity contribution in [2.45, 2.75) is 26.9 Å². The number of hydrogen-bond acceptors (Lipinski definition) is 4. The summed E-state index contributed by atoms with van der Waals surface area (Å²) < 4.78 is 23.3. The standard InChI is InChI=1S/C13H14ClFN2O2/c1-8(2)5-12-16-13(19-17-12)7-18-11-4-3-9(15)6-10(11)14/h3-4,6,8H,5,7H2,1-2H3. The highest BCUT2D eigenvalue weighted by atomic mass is 35.5. The van der Waals surface area contributed by atoms with Gasteiger partial charge in [-0.3, -0.25) is 0 Å². The maximum absolute atomic E-state index is 12.9. The molecule has 6 heteroatoms. The quantitative estimate of drug-likeness (QED) is 0.841. The Bertz CT molecular complexity index is 557. The Balaban J connectivity index is 1.96. The molecule has 2 aromatic rings. The van der Waals surface area contributed by atoms with Crippen molar-refractivity contribution >= 4 is 11.6 Å². The third-order valence-electron chi connectivity index (χ3n) is 2.35. The molecule has 0 saturated heterocycles. The summed E-state index contributed by atoms with van der Waals surface area (Å²) >= 11 is 5.84. The van der Waals surface area contributed by atoms with Gasteiger partial charge in [0.25, 0.3) is 5.89 Å². The summed E-state index contributed by atoms with van der Waals surface area (Å²) in [7, 11) is 0. The number of hydrogen-bond donors (Lipinski definition) is 0. The van der Waals surface area contributed by atoms with Gasteiger partial charge >= 0.3 is 0 Å². The molecule has 0 aliphatic carbocycles. The smallest absolute Gasteiger partial charge is 0.264 e. The van der Waals surface area contributed by atoms with Crippen LogP contribution in [0.2, 0.25) is 5.02 Å². The van der Waals surface area contributed by atoms with Gasteiger partial charge in [0.15, 0.2) is 12.4 Å². The number of halogens is 2. The van der Waals surface area contributed by atoms with Crippen LogP contribution in [0.3, 0.4) is 0 Å². The number of benzene rings is 1. The molecule has 1 aromatic carbocycles. The highest BCUT2D eigenvalue weighted by Gasteiger charge is 2.10. The number of nitrogens with zero attached hydrogens (tertiary/aromatic N) is 2. The zero-order valence-electron chi connectivity index (χ0n) is 10.7. The molecule has 0 fully saturated rings. The lowest BCUT2D eigenvalue weighted by molar-refractivity contribution is 0.242. The van der Waals surface area contributed by atoms with Gasteiger partial charge < -0.3 is 9.26 Å². The van der Waals surface area contributed by atoms with E-state index in [-0.39, 0.29) is 11.6 Å². The molecule has 0 saturated carbocycles. The summed E-state index contributed by atoms with van der Waals surface area (Å²) in [5.41, 5.74) is 0. The van der Waals surface area contributed by atoms with Crippen LogP contribution in [-0.4, -0.2) is 10.1 Å². The van der Waals surface area contributed by atoms with Gasteiger partial charge in [-0.1, -0.05) is 30.6 Å². The topological polar surface area (TPSA) is 48.2 Å². The molecule has 0 spiro atoms. The van der Waals surface area contributed by atoms with E-state index in [0.29, 0.717) is 23.4 Å². The highest BCUT2D eigenvalue weighted by Crippen LogP contribution is 2.25. The van der Waals surface area contributed by atoms with Gasteiger partial charge in [-0.15, -0.1) is 0 Å². The molecule has 19 heavy (non-hydrogen) atoms. The predicted molar refractivity (Wildman–Crippen MR) is 68.6 cm³/mol. The van der Waals surface area contributed by atoms with Crippen molar-refractivity contribution in [2.24, 2.45) is 5.92 Å². The van der Waals surface area contributed by atoms with Gasteiger partial charge in [0.2, 0.25) is 0 Å². The van der Waals surface area contributed by atoms with Crippen molar-refractivity contribution in [3.05, 3.63) is 40.8 Å². The van der Waals surface area contributed by atoms with Crippen LogP contribution in [0.5, 0.6) is 5.75 Å². The molecule has 0 aliphatic rings. The fourth-order valence-electron chi connectivity index (χ4n) is 1.53. The third-order valence-corrected chi connectivity index (χ3v) is 2.64. The Morgan fingerprint density at radius 3 is 2.89 bits per heavy atom. The first kappa shape index (κ1) is 13.8. The lowest BCUT2D eigenvalue weighted by Gasteiger charge is -2.04. The van der Waals surface area contributed by atoms with Gasteiger partial charge in [-0.05, 0) is 24.1 Å². The van der Waals surface area contributed by atoms with Crippen molar-refractivity contribution in [1.82, 2.24) is 10.1 Å². The summed E-state index contributed by atoms with van der Waals surface area (Å²) in [5.74, 6) is 1.45. The Morgan fingerprint density at radius 1 is 1.42 bits per heavy atom. The van der Waals surface area contributed by atoms with E-state index in [1.807, 2.05) is 0 Å². The van der Waals surface area contributed by atoms with Crippen molar-refractivity contribution in [1.29, 1.82) is 0 Å². The highest BCUT2D eigenvalue weighted by molar-refractivity contribution is 6.32. The van der Waals surface area contributed by atoms with Crippen LogP contribution in [-0.2, 0) is 13.0 Å². The Morgan fingerprint density at radius 2 is 2.21 bits per heavy atom. The van der Waals surface area contributed by atoms with E-state index in [1.165, 1.54) is 18.2 Å². The fourth-order valence-corrected chi connectivity index (χ4v) is 1.75. The van der Waals surface area contributed by atoms with Crippen LogP contribution in [0.1, 0.15) is 25.6 Å². The zero-order valence-corrected chi connectivity index (χ0v) is 11.4. The van der Waals surface area contributed by atoms with E-state index in [2.05, 4.69) is 24.0 Å². The molecule has 1 heterocycles. The first-order valence-corrected chi connectivity index (χ1v) is 6.31. The minimum Gasteiger partial charge on any atom is -0.482 e. The molecule has 1 aromatic heterocycles. The SMILES string of the molecule is CC(C)Cc1noc(COc2ccc(F)cc2Cl)n1. The van der Waals surface area contributed by atoms with Crippen LogP contribution in [0.4, 0.5) is 4.39 Å². The number of aromatic nitrogens is 2. The van der Waals surface area contributed by atoms with Crippen LogP contribution in [0, 0.1) is 11.7 Å². The van der Waals surface area contributed by atoms with E-state index >= 15 is 0 Å². The second-order valence-corrected chi connectivity index (χ2v) is 4.97. The second-order valence-electron chi connectivity index (χ2n) is 4.57. The molecule has 0 amide bonds. The molecule has 0 N–H and O–H groups in total. The van der Waals surface area contributed by atoms with Gasteiger partial charge in [0, 0.05) is 6.42 Å². The second kappa shape index (κ2) is 6.02. The van der Waals surface area contributed by atoms with Gasteiger partial charge in [-0.2, -0.15) is 4.98 Å². The molecule has 0 aliphatic heterocycles. The summed E-state index contributed by atoms with van der Waals surface area (Å²) in [6, 6.07) is 3.93. The van der Waals surface area contributed by atoms with E-state index in [1.54, 1.807) is 0 Å². The monoisotopic (exact) mass is 284 g/mol. The van der Waals surface area contributed by atoms with E-state index in [4.69, 9.17) is 20.9 Å². The minimum absolute atomic E-state index is 0.108. The first-order valence-electron chi connectivity index (χ1n) is 5.94. The lowest BCUT2D eigenvalue weighted by Crippen LogP contribution is -1.99. The van der Waals surface area contributed by atoms with Gasteiger partial charge in [-0.25, -0.2) is 4.39 Å². The normalized spacial score (nSPS) is 11.0. The summed E-state index contributed by atoms with van der Waals surface area (Å²) in [5, 5.41) is 4.06. The molecule has 0 bridgehead atoms. The average molecular weight is 285 g/mol. The minimum atomic E-state index is -0.408. The Labute approximate surface area is 115 Å². The molecular weight excluding hydrogens is 271 g/mol. The molecule has 0 unspecified atom stereocenters.